The summed E-state index contributed by atoms with van der Waals surface area (Å²) in [6.07, 6.45) is 3.08. The maximum absolute atomic E-state index is 12.1. The van der Waals surface area contributed by atoms with Crippen LogP contribution in [0.1, 0.15) is 19.8 Å². The average Bonchev–Trinajstić information content (AvgIpc) is 2.70. The van der Waals surface area contributed by atoms with E-state index in [0.29, 0.717) is 30.4 Å². The highest BCUT2D eigenvalue weighted by Crippen LogP contribution is 2.34. The van der Waals surface area contributed by atoms with Crippen LogP contribution in [0, 0.1) is 5.92 Å². The molecule has 1 atom stereocenters. The summed E-state index contributed by atoms with van der Waals surface area (Å²) in [6.45, 7) is 3.47. The van der Waals surface area contributed by atoms with Gasteiger partial charge in [-0.15, -0.1) is 0 Å². The fraction of sp³-hybridized carbons (Fsp3) is 0.421. The molecule has 1 aromatic carbocycles. The van der Waals surface area contributed by atoms with Gasteiger partial charge in [-0.1, -0.05) is 0 Å². The second-order valence-electron chi connectivity index (χ2n) is 6.23. The number of anilines is 2. The van der Waals surface area contributed by atoms with Gasteiger partial charge in [0.1, 0.15) is 23.5 Å². The third-order valence-electron chi connectivity index (χ3n) is 4.44. The highest BCUT2D eigenvalue weighted by Gasteiger charge is 2.29. The zero-order valence-corrected chi connectivity index (χ0v) is 15.6. The molecule has 1 fully saturated rings. The molecule has 2 heterocycles. The van der Waals surface area contributed by atoms with Crippen molar-refractivity contribution in [3.63, 3.8) is 0 Å². The molecule has 144 valence electrons. The van der Waals surface area contributed by atoms with Crippen molar-refractivity contribution in [3.8, 4) is 17.4 Å². The molecule has 2 aromatic rings. The van der Waals surface area contributed by atoms with Crippen LogP contribution in [0.4, 0.5) is 11.5 Å². The van der Waals surface area contributed by atoms with Crippen molar-refractivity contribution in [1.82, 2.24) is 9.97 Å². The maximum atomic E-state index is 12.1. The van der Waals surface area contributed by atoms with E-state index in [0.717, 1.165) is 25.1 Å². The number of rotatable bonds is 6. The summed E-state index contributed by atoms with van der Waals surface area (Å²) >= 11 is 0. The minimum absolute atomic E-state index is 0.176. The number of piperidine rings is 1. The first-order chi connectivity index (χ1) is 13.1. The summed E-state index contributed by atoms with van der Waals surface area (Å²) in [4.78, 5) is 22.5. The molecule has 0 aliphatic carbocycles. The van der Waals surface area contributed by atoms with Crippen LogP contribution in [0.5, 0.6) is 17.4 Å². The molecule has 1 unspecified atom stereocenters. The van der Waals surface area contributed by atoms with Gasteiger partial charge in [0.25, 0.3) is 0 Å². The first-order valence-corrected chi connectivity index (χ1v) is 8.96. The quantitative estimate of drug-likeness (QED) is 0.773. The van der Waals surface area contributed by atoms with Crippen molar-refractivity contribution in [3.05, 3.63) is 30.6 Å². The Morgan fingerprint density at radius 3 is 2.70 bits per heavy atom. The predicted molar refractivity (Wildman–Crippen MR) is 101 cm³/mol. The molecule has 8 heteroatoms. The summed E-state index contributed by atoms with van der Waals surface area (Å²) in [7, 11) is 1.60. The van der Waals surface area contributed by atoms with Crippen LogP contribution in [-0.4, -0.2) is 42.7 Å². The number of carbonyl (C=O) groups excluding carboxylic acids is 1. The van der Waals surface area contributed by atoms with Crippen LogP contribution in [0.2, 0.25) is 0 Å². The SMILES string of the molecule is CCOC(=O)C1CCCN(c2ncnc(Oc3ccc(OC)cc3)c2N)C1. The molecule has 0 bridgehead atoms. The van der Waals surface area contributed by atoms with Crippen molar-refractivity contribution in [2.75, 3.05) is 37.4 Å². The van der Waals surface area contributed by atoms with Gasteiger partial charge in [0.05, 0.1) is 19.6 Å². The Morgan fingerprint density at radius 2 is 2.00 bits per heavy atom. The summed E-state index contributed by atoms with van der Waals surface area (Å²) < 4.78 is 16.1. The number of ether oxygens (including phenoxy) is 3. The van der Waals surface area contributed by atoms with Crippen LogP contribution in [0.25, 0.3) is 0 Å². The summed E-state index contributed by atoms with van der Waals surface area (Å²) in [6, 6.07) is 7.14. The Kier molecular flexibility index (Phi) is 5.95. The highest BCUT2D eigenvalue weighted by atomic mass is 16.5. The molecule has 0 saturated carbocycles. The predicted octanol–water partition coefficient (Wildman–Crippen LogP) is 2.64. The Bertz CT molecular complexity index is 782. The van der Waals surface area contributed by atoms with Gasteiger partial charge < -0.3 is 24.8 Å². The van der Waals surface area contributed by atoms with Crippen LogP contribution < -0.4 is 20.1 Å². The molecule has 3 rings (SSSR count). The number of carbonyl (C=O) groups is 1. The highest BCUT2D eigenvalue weighted by molar-refractivity contribution is 5.75. The molecular formula is C19H24N4O4. The first-order valence-electron chi connectivity index (χ1n) is 8.96. The van der Waals surface area contributed by atoms with Crippen molar-refractivity contribution in [1.29, 1.82) is 0 Å². The second-order valence-corrected chi connectivity index (χ2v) is 6.23. The maximum Gasteiger partial charge on any atom is 0.310 e. The fourth-order valence-electron chi connectivity index (χ4n) is 3.08. The van der Waals surface area contributed by atoms with Crippen molar-refractivity contribution in [2.45, 2.75) is 19.8 Å². The number of nitrogens with zero attached hydrogens (tertiary/aromatic N) is 3. The number of hydrogen-bond acceptors (Lipinski definition) is 8. The minimum atomic E-state index is -0.181. The Balaban J connectivity index is 1.76. The third kappa shape index (κ3) is 4.39. The lowest BCUT2D eigenvalue weighted by Crippen LogP contribution is -2.40. The molecule has 0 spiro atoms. The third-order valence-corrected chi connectivity index (χ3v) is 4.44. The lowest BCUT2D eigenvalue weighted by molar-refractivity contribution is -0.148. The van der Waals surface area contributed by atoms with Crippen molar-refractivity contribution in [2.24, 2.45) is 5.92 Å². The van der Waals surface area contributed by atoms with E-state index in [9.17, 15) is 4.79 Å². The second kappa shape index (κ2) is 8.57. The number of nitrogen functional groups attached to an aromatic ring is 1. The summed E-state index contributed by atoms with van der Waals surface area (Å²) in [5.41, 5.74) is 6.61. The van der Waals surface area contributed by atoms with Gasteiger partial charge in [-0.05, 0) is 44.0 Å². The number of methoxy groups -OCH3 is 1. The molecule has 1 aliphatic heterocycles. The molecule has 8 nitrogen and oxygen atoms in total. The first kappa shape index (κ1) is 18.8. The van der Waals surface area contributed by atoms with E-state index in [2.05, 4.69) is 9.97 Å². The molecule has 2 N–H and O–H groups in total. The number of aromatic nitrogens is 2. The van der Waals surface area contributed by atoms with E-state index < -0.39 is 0 Å². The number of hydrogen-bond donors (Lipinski definition) is 1. The normalized spacial score (nSPS) is 16.7. The topological polar surface area (TPSA) is 99.8 Å². The summed E-state index contributed by atoms with van der Waals surface area (Å²) in [5.74, 6) is 1.82. The van der Waals surface area contributed by atoms with E-state index in [1.54, 1.807) is 31.4 Å². The standard InChI is InChI=1S/C19H24N4O4/c1-3-26-19(24)13-5-4-10-23(11-13)17-16(20)18(22-12-21-17)27-15-8-6-14(25-2)7-9-15/h6-9,12-13H,3-5,10-11,20H2,1-2H3. The van der Waals surface area contributed by atoms with Gasteiger partial charge in [0.15, 0.2) is 5.82 Å². The average molecular weight is 372 g/mol. The molecule has 0 amide bonds. The van der Waals surface area contributed by atoms with E-state index in [-0.39, 0.29) is 17.8 Å². The van der Waals surface area contributed by atoms with Crippen LogP contribution in [-0.2, 0) is 9.53 Å². The molecule has 1 saturated heterocycles. The lowest BCUT2D eigenvalue weighted by Gasteiger charge is -2.33. The molecule has 27 heavy (non-hydrogen) atoms. The number of nitrogens with two attached hydrogens (primary N) is 1. The molecule has 1 aliphatic rings. The smallest absolute Gasteiger partial charge is 0.310 e. The van der Waals surface area contributed by atoms with E-state index >= 15 is 0 Å². The largest absolute Gasteiger partial charge is 0.497 e. The zero-order chi connectivity index (χ0) is 19.2. The lowest BCUT2D eigenvalue weighted by atomic mass is 9.98. The number of esters is 1. The van der Waals surface area contributed by atoms with Gasteiger partial charge in [-0.25, -0.2) is 4.98 Å². The van der Waals surface area contributed by atoms with Crippen molar-refractivity contribution < 1.29 is 19.0 Å². The van der Waals surface area contributed by atoms with Crippen LogP contribution >= 0.6 is 0 Å². The Labute approximate surface area is 158 Å². The van der Waals surface area contributed by atoms with Gasteiger partial charge >= 0.3 is 5.97 Å². The van der Waals surface area contributed by atoms with Gasteiger partial charge in [-0.2, -0.15) is 4.98 Å². The molecule has 0 radical (unpaired) electrons. The zero-order valence-electron chi connectivity index (χ0n) is 15.6. The van der Waals surface area contributed by atoms with Crippen molar-refractivity contribution >= 4 is 17.5 Å². The summed E-state index contributed by atoms with van der Waals surface area (Å²) in [5, 5.41) is 0. The Morgan fingerprint density at radius 1 is 1.26 bits per heavy atom. The minimum Gasteiger partial charge on any atom is -0.497 e. The fourth-order valence-corrected chi connectivity index (χ4v) is 3.08. The van der Waals surface area contributed by atoms with Gasteiger partial charge in [0, 0.05) is 13.1 Å². The molecule has 1 aromatic heterocycles. The number of benzene rings is 1. The van der Waals surface area contributed by atoms with E-state index in [4.69, 9.17) is 19.9 Å². The molecular weight excluding hydrogens is 348 g/mol. The van der Waals surface area contributed by atoms with Gasteiger partial charge in [-0.3, -0.25) is 4.79 Å². The van der Waals surface area contributed by atoms with Crippen LogP contribution in [0.15, 0.2) is 30.6 Å². The van der Waals surface area contributed by atoms with Gasteiger partial charge in [0.2, 0.25) is 5.88 Å². The monoisotopic (exact) mass is 372 g/mol. The van der Waals surface area contributed by atoms with E-state index in [1.165, 1.54) is 6.33 Å². The van der Waals surface area contributed by atoms with Crippen LogP contribution in [0.3, 0.4) is 0 Å². The van der Waals surface area contributed by atoms with E-state index in [1.807, 2.05) is 11.8 Å². The Hall–Kier alpha value is -3.03.